The highest BCUT2D eigenvalue weighted by atomic mass is 32.1. The number of thiophene rings is 1. The molecule has 3 rings (SSSR count). The molecule has 2 atom stereocenters. The number of nitrogens with zero attached hydrogens (tertiary/aromatic N) is 1. The van der Waals surface area contributed by atoms with Gasteiger partial charge in [-0.05, 0) is 41.8 Å². The maximum atomic E-state index is 12.5. The summed E-state index contributed by atoms with van der Waals surface area (Å²) in [5.41, 5.74) is 1.20. The van der Waals surface area contributed by atoms with Crippen LogP contribution in [0.4, 0.5) is 0 Å². The first-order valence-electron chi connectivity index (χ1n) is 6.98. The molecule has 104 valence electrons. The Balaban J connectivity index is 1.62. The molecule has 2 unspecified atom stereocenters. The van der Waals surface area contributed by atoms with Gasteiger partial charge in [-0.15, -0.1) is 0 Å². The molecule has 0 radical (unpaired) electrons. The summed E-state index contributed by atoms with van der Waals surface area (Å²) in [6.07, 6.45) is 2.18. The van der Waals surface area contributed by atoms with Crippen LogP contribution in [0.2, 0.25) is 0 Å². The Kier molecular flexibility index (Phi) is 4.15. The first-order valence-corrected chi connectivity index (χ1v) is 7.92. The molecule has 0 bridgehead atoms. The molecule has 3 heterocycles. The zero-order valence-electron chi connectivity index (χ0n) is 11.0. The van der Waals surface area contributed by atoms with Crippen LogP contribution in [0.3, 0.4) is 0 Å². The lowest BCUT2D eigenvalue weighted by molar-refractivity contribution is -0.143. The number of nitrogens with one attached hydrogen (secondary N) is 1. The number of carbonyl (C=O) groups is 1. The zero-order chi connectivity index (χ0) is 13.1. The van der Waals surface area contributed by atoms with Crippen LogP contribution in [0.5, 0.6) is 0 Å². The number of rotatable bonds is 2. The monoisotopic (exact) mass is 280 g/mol. The molecule has 19 heavy (non-hydrogen) atoms. The van der Waals surface area contributed by atoms with E-state index in [2.05, 4.69) is 22.1 Å². The van der Waals surface area contributed by atoms with Gasteiger partial charge in [0.15, 0.2) is 0 Å². The number of amides is 1. The molecule has 1 aromatic rings. The van der Waals surface area contributed by atoms with Crippen LogP contribution in [0, 0.1) is 5.92 Å². The van der Waals surface area contributed by atoms with Gasteiger partial charge >= 0.3 is 0 Å². The van der Waals surface area contributed by atoms with Crippen molar-refractivity contribution in [3.05, 3.63) is 22.4 Å². The van der Waals surface area contributed by atoms with E-state index >= 15 is 0 Å². The lowest BCUT2D eigenvalue weighted by Gasteiger charge is -2.36. The first kappa shape index (κ1) is 13.1. The fourth-order valence-corrected chi connectivity index (χ4v) is 3.53. The minimum atomic E-state index is 0.0560. The molecule has 0 spiro atoms. The van der Waals surface area contributed by atoms with E-state index in [0.717, 1.165) is 32.5 Å². The van der Waals surface area contributed by atoms with E-state index in [-0.39, 0.29) is 12.0 Å². The highest BCUT2D eigenvalue weighted by Gasteiger charge is 2.30. The highest BCUT2D eigenvalue weighted by Crippen LogP contribution is 2.25. The van der Waals surface area contributed by atoms with E-state index in [1.165, 1.54) is 5.56 Å². The van der Waals surface area contributed by atoms with E-state index in [9.17, 15) is 4.79 Å². The Bertz CT molecular complexity index is 415. The molecule has 2 aliphatic rings. The molecule has 4 nitrogen and oxygen atoms in total. The smallest absolute Gasteiger partial charge is 0.227 e. The van der Waals surface area contributed by atoms with Gasteiger partial charge in [-0.2, -0.15) is 11.3 Å². The second-order valence-corrected chi connectivity index (χ2v) is 6.02. The van der Waals surface area contributed by atoms with Crippen LogP contribution in [0.15, 0.2) is 16.8 Å². The average molecular weight is 280 g/mol. The summed E-state index contributed by atoms with van der Waals surface area (Å²) in [7, 11) is 0. The topological polar surface area (TPSA) is 41.6 Å². The van der Waals surface area contributed by atoms with Crippen molar-refractivity contribution in [3.63, 3.8) is 0 Å². The number of carbonyl (C=O) groups excluding carboxylic acids is 1. The molecule has 2 aliphatic heterocycles. The molecule has 2 saturated heterocycles. The molecular formula is C14H20N2O2S. The van der Waals surface area contributed by atoms with Crippen molar-refractivity contribution >= 4 is 17.2 Å². The number of morpholine rings is 1. The Morgan fingerprint density at radius 2 is 2.47 bits per heavy atom. The highest BCUT2D eigenvalue weighted by molar-refractivity contribution is 7.07. The maximum Gasteiger partial charge on any atom is 0.227 e. The van der Waals surface area contributed by atoms with E-state index in [1.54, 1.807) is 11.3 Å². The van der Waals surface area contributed by atoms with E-state index < -0.39 is 0 Å². The third-order valence-corrected chi connectivity index (χ3v) is 4.64. The van der Waals surface area contributed by atoms with Gasteiger partial charge in [0.1, 0.15) is 6.10 Å². The fourth-order valence-electron chi connectivity index (χ4n) is 2.83. The minimum Gasteiger partial charge on any atom is -0.370 e. The Morgan fingerprint density at radius 1 is 1.53 bits per heavy atom. The number of hydrogen-bond donors (Lipinski definition) is 1. The quantitative estimate of drug-likeness (QED) is 0.895. The second-order valence-electron chi connectivity index (χ2n) is 5.24. The van der Waals surface area contributed by atoms with E-state index in [4.69, 9.17) is 4.74 Å². The van der Waals surface area contributed by atoms with Gasteiger partial charge in [-0.25, -0.2) is 0 Å². The molecule has 0 aliphatic carbocycles. The average Bonchev–Trinajstić information content (AvgIpc) is 3.02. The summed E-state index contributed by atoms with van der Waals surface area (Å²) in [4.78, 5) is 14.5. The van der Waals surface area contributed by atoms with Gasteiger partial charge in [0.05, 0.1) is 19.1 Å². The SMILES string of the molecule is O=C(C1CCCNC1)N1CCOC(c2ccsc2)C1. The zero-order valence-corrected chi connectivity index (χ0v) is 11.8. The molecule has 1 aromatic heterocycles. The van der Waals surface area contributed by atoms with Gasteiger partial charge in [0.2, 0.25) is 5.91 Å². The van der Waals surface area contributed by atoms with Crippen LogP contribution >= 0.6 is 11.3 Å². The molecule has 1 N–H and O–H groups in total. The van der Waals surface area contributed by atoms with Gasteiger partial charge in [-0.1, -0.05) is 0 Å². The van der Waals surface area contributed by atoms with Crippen molar-refractivity contribution in [1.29, 1.82) is 0 Å². The largest absolute Gasteiger partial charge is 0.370 e. The normalized spacial score (nSPS) is 28.3. The summed E-state index contributed by atoms with van der Waals surface area (Å²) in [5, 5.41) is 7.49. The molecule has 2 fully saturated rings. The van der Waals surface area contributed by atoms with Gasteiger partial charge in [0, 0.05) is 13.1 Å². The number of piperidine rings is 1. The van der Waals surface area contributed by atoms with E-state index in [0.29, 0.717) is 19.1 Å². The number of ether oxygens (including phenoxy) is 1. The third-order valence-electron chi connectivity index (χ3n) is 3.94. The third kappa shape index (κ3) is 2.99. The summed E-state index contributed by atoms with van der Waals surface area (Å²) in [5.74, 6) is 0.464. The van der Waals surface area contributed by atoms with Crippen molar-refractivity contribution in [1.82, 2.24) is 10.2 Å². The summed E-state index contributed by atoms with van der Waals surface area (Å²) in [6.45, 7) is 3.96. The van der Waals surface area contributed by atoms with E-state index in [1.807, 2.05) is 4.90 Å². The Labute approximate surface area is 117 Å². The lowest BCUT2D eigenvalue weighted by atomic mass is 9.97. The van der Waals surface area contributed by atoms with Crippen LogP contribution in [-0.2, 0) is 9.53 Å². The van der Waals surface area contributed by atoms with Crippen molar-refractivity contribution in [2.45, 2.75) is 18.9 Å². The first-order chi connectivity index (χ1) is 9.34. The molecule has 5 heteroatoms. The van der Waals surface area contributed by atoms with Crippen LogP contribution < -0.4 is 5.32 Å². The molecular weight excluding hydrogens is 260 g/mol. The predicted molar refractivity (Wildman–Crippen MR) is 75.2 cm³/mol. The Morgan fingerprint density at radius 3 is 3.21 bits per heavy atom. The van der Waals surface area contributed by atoms with Crippen molar-refractivity contribution in [2.75, 3.05) is 32.8 Å². The predicted octanol–water partition coefficient (Wildman–Crippen LogP) is 1.65. The van der Waals surface area contributed by atoms with Crippen LogP contribution in [0.25, 0.3) is 0 Å². The van der Waals surface area contributed by atoms with Gasteiger partial charge in [-0.3, -0.25) is 4.79 Å². The summed E-state index contributed by atoms with van der Waals surface area (Å²) in [6, 6.07) is 2.09. The standard InChI is InChI=1S/C14H20N2O2S/c17-14(11-2-1-4-15-8-11)16-5-6-18-13(9-16)12-3-7-19-10-12/h3,7,10-11,13,15H,1-2,4-6,8-9H2. The summed E-state index contributed by atoms with van der Waals surface area (Å²) < 4.78 is 5.79. The van der Waals surface area contributed by atoms with Crippen LogP contribution in [0.1, 0.15) is 24.5 Å². The minimum absolute atomic E-state index is 0.0560. The molecule has 0 aromatic carbocycles. The van der Waals surface area contributed by atoms with Crippen molar-refractivity contribution in [2.24, 2.45) is 5.92 Å². The Hall–Kier alpha value is -0.910. The summed E-state index contributed by atoms with van der Waals surface area (Å²) >= 11 is 1.68. The fraction of sp³-hybridized carbons (Fsp3) is 0.643. The van der Waals surface area contributed by atoms with Gasteiger partial charge in [0.25, 0.3) is 0 Å². The number of hydrogen-bond acceptors (Lipinski definition) is 4. The second kappa shape index (κ2) is 6.03. The van der Waals surface area contributed by atoms with Gasteiger partial charge < -0.3 is 15.0 Å². The van der Waals surface area contributed by atoms with Crippen molar-refractivity contribution < 1.29 is 9.53 Å². The molecule has 1 amide bonds. The van der Waals surface area contributed by atoms with Crippen molar-refractivity contribution in [3.8, 4) is 0 Å². The maximum absolute atomic E-state index is 12.5. The van der Waals surface area contributed by atoms with Crippen LogP contribution in [-0.4, -0.2) is 43.6 Å². The lowest BCUT2D eigenvalue weighted by Crippen LogP contribution is -2.48. The molecule has 0 saturated carbocycles.